The second-order valence-electron chi connectivity index (χ2n) is 3.93. The van der Waals surface area contributed by atoms with Gasteiger partial charge < -0.3 is 0 Å². The van der Waals surface area contributed by atoms with E-state index in [-0.39, 0.29) is 17.6 Å². The maximum Gasteiger partial charge on any atom is 0.222 e. The van der Waals surface area contributed by atoms with Gasteiger partial charge in [0, 0.05) is 13.6 Å². The van der Waals surface area contributed by atoms with Gasteiger partial charge in [-0.15, -0.1) is 0 Å². The van der Waals surface area contributed by atoms with Crippen LogP contribution < -0.4 is 0 Å². The van der Waals surface area contributed by atoms with Crippen molar-refractivity contribution in [3.63, 3.8) is 0 Å². The van der Waals surface area contributed by atoms with E-state index in [9.17, 15) is 13.2 Å². The zero-order valence-corrected chi connectivity index (χ0v) is 8.96. The Morgan fingerprint density at radius 3 is 2.86 bits per heavy atom. The Labute approximate surface area is 83.7 Å². The van der Waals surface area contributed by atoms with Crippen LogP contribution in [0.5, 0.6) is 0 Å². The first-order valence-corrected chi connectivity index (χ1v) is 6.32. The lowest BCUT2D eigenvalue weighted by atomic mass is 10.1. The molecular weight excluding hydrogens is 204 g/mol. The molecule has 0 bridgehead atoms. The highest BCUT2D eigenvalue weighted by atomic mass is 32.2. The Bertz CT molecular complexity index is 352. The number of hydrogen-bond donors (Lipinski definition) is 0. The molecule has 2 heterocycles. The molecule has 0 aromatic heterocycles. The van der Waals surface area contributed by atoms with E-state index in [0.717, 1.165) is 19.4 Å². The Hall–Kier alpha value is -0.460. The third-order valence-corrected chi connectivity index (χ3v) is 4.63. The van der Waals surface area contributed by atoms with Crippen molar-refractivity contribution in [3.8, 4) is 0 Å². The summed E-state index contributed by atoms with van der Waals surface area (Å²) in [5, 5.41) is 0. The first kappa shape index (κ1) is 10.1. The molecule has 2 aliphatic rings. The summed E-state index contributed by atoms with van der Waals surface area (Å²) >= 11 is 0. The summed E-state index contributed by atoms with van der Waals surface area (Å²) in [5.74, 6) is -0.475. The molecule has 5 nitrogen and oxygen atoms in total. The van der Waals surface area contributed by atoms with Crippen LogP contribution in [-0.2, 0) is 14.8 Å². The van der Waals surface area contributed by atoms with Crippen molar-refractivity contribution in [1.29, 1.82) is 0 Å². The van der Waals surface area contributed by atoms with Crippen LogP contribution in [0.1, 0.15) is 12.8 Å². The Kier molecular flexibility index (Phi) is 2.36. The van der Waals surface area contributed by atoms with Crippen LogP contribution in [0.2, 0.25) is 0 Å². The predicted molar refractivity (Wildman–Crippen MR) is 51.2 cm³/mol. The molecule has 1 unspecified atom stereocenters. The van der Waals surface area contributed by atoms with Crippen LogP contribution in [0.15, 0.2) is 0 Å². The van der Waals surface area contributed by atoms with E-state index in [2.05, 4.69) is 0 Å². The smallest absolute Gasteiger partial charge is 0.222 e. The monoisotopic (exact) mass is 218 g/mol. The van der Waals surface area contributed by atoms with Crippen LogP contribution in [0.3, 0.4) is 0 Å². The summed E-state index contributed by atoms with van der Waals surface area (Å²) in [7, 11) is -1.82. The van der Waals surface area contributed by atoms with Crippen molar-refractivity contribution in [2.75, 3.05) is 26.0 Å². The van der Waals surface area contributed by atoms with Crippen molar-refractivity contribution < 1.29 is 13.2 Å². The molecular formula is C8H14N2O3S. The summed E-state index contributed by atoms with van der Waals surface area (Å²) in [6.45, 7) is 1.19. The van der Waals surface area contributed by atoms with E-state index in [1.165, 1.54) is 11.4 Å². The summed E-state index contributed by atoms with van der Waals surface area (Å²) < 4.78 is 24.3. The fraction of sp³-hybridized carbons (Fsp3) is 0.875. The van der Waals surface area contributed by atoms with Crippen molar-refractivity contribution in [3.05, 3.63) is 0 Å². The lowest BCUT2D eigenvalue weighted by molar-refractivity contribution is -0.120. The normalized spacial score (nSPS) is 34.1. The molecule has 2 aliphatic heterocycles. The molecule has 14 heavy (non-hydrogen) atoms. The summed E-state index contributed by atoms with van der Waals surface area (Å²) in [6.07, 6.45) is 1.80. The number of Topliss-reactive ketones (excluding diaryl/α,β-unsaturated/α-hetero) is 1. The van der Waals surface area contributed by atoms with Gasteiger partial charge in [-0.05, 0) is 12.8 Å². The minimum absolute atomic E-state index is 0.146. The SMILES string of the molecule is CN1CN2CCCC2C(=O)CS1(=O)=O. The average molecular weight is 218 g/mol. The average Bonchev–Trinajstić information content (AvgIpc) is 2.48. The molecule has 0 aromatic rings. The Balaban J connectivity index is 2.30. The minimum Gasteiger partial charge on any atom is -0.297 e. The molecule has 6 heteroatoms. The molecule has 0 aromatic carbocycles. The van der Waals surface area contributed by atoms with Crippen molar-refractivity contribution in [1.82, 2.24) is 9.21 Å². The van der Waals surface area contributed by atoms with Gasteiger partial charge in [0.25, 0.3) is 0 Å². The molecule has 0 aliphatic carbocycles. The van der Waals surface area contributed by atoms with Crippen LogP contribution in [-0.4, -0.2) is 55.5 Å². The largest absolute Gasteiger partial charge is 0.297 e. The van der Waals surface area contributed by atoms with Crippen LogP contribution in [0.4, 0.5) is 0 Å². The zero-order valence-electron chi connectivity index (χ0n) is 8.14. The van der Waals surface area contributed by atoms with Gasteiger partial charge in [0.1, 0.15) is 5.75 Å². The van der Waals surface area contributed by atoms with E-state index in [4.69, 9.17) is 0 Å². The predicted octanol–water partition coefficient (Wildman–Crippen LogP) is -0.747. The number of ketones is 1. The van der Waals surface area contributed by atoms with Crippen molar-refractivity contribution in [2.45, 2.75) is 18.9 Å². The highest BCUT2D eigenvalue weighted by molar-refractivity contribution is 7.89. The molecule has 80 valence electrons. The molecule has 0 N–H and O–H groups in total. The topological polar surface area (TPSA) is 57.7 Å². The van der Waals surface area contributed by atoms with E-state index in [0.29, 0.717) is 6.67 Å². The number of hydrogen-bond acceptors (Lipinski definition) is 4. The highest BCUT2D eigenvalue weighted by Gasteiger charge is 2.38. The van der Waals surface area contributed by atoms with Crippen LogP contribution in [0, 0.1) is 0 Å². The minimum atomic E-state index is -3.35. The van der Waals surface area contributed by atoms with E-state index >= 15 is 0 Å². The van der Waals surface area contributed by atoms with Crippen molar-refractivity contribution in [2.24, 2.45) is 0 Å². The van der Waals surface area contributed by atoms with Gasteiger partial charge in [-0.1, -0.05) is 0 Å². The van der Waals surface area contributed by atoms with Gasteiger partial charge in [-0.3, -0.25) is 9.69 Å². The molecule has 0 spiro atoms. The van der Waals surface area contributed by atoms with Crippen molar-refractivity contribution >= 4 is 15.8 Å². The summed E-state index contributed by atoms with van der Waals surface area (Å²) in [6, 6.07) is -0.158. The molecule has 2 fully saturated rings. The van der Waals surface area contributed by atoms with Gasteiger partial charge in [0.15, 0.2) is 5.78 Å². The molecule has 0 saturated carbocycles. The van der Waals surface area contributed by atoms with E-state index < -0.39 is 10.0 Å². The number of carbonyl (C=O) groups excluding carboxylic acids is 1. The summed E-state index contributed by atoms with van der Waals surface area (Å²) in [5.41, 5.74) is 0. The summed E-state index contributed by atoms with van der Waals surface area (Å²) in [4.78, 5) is 13.6. The standard InChI is InChI=1S/C8H14N2O3S/c1-9-6-10-4-2-3-7(10)8(11)5-14(9,12)13/h7H,2-6H2,1H3. The molecule has 0 amide bonds. The first-order valence-electron chi connectivity index (χ1n) is 4.71. The van der Waals surface area contributed by atoms with E-state index in [1.807, 2.05) is 4.90 Å². The number of rotatable bonds is 0. The number of nitrogens with zero attached hydrogens (tertiary/aromatic N) is 2. The molecule has 2 saturated heterocycles. The van der Waals surface area contributed by atoms with Gasteiger partial charge in [-0.2, -0.15) is 4.31 Å². The Morgan fingerprint density at radius 1 is 1.43 bits per heavy atom. The second kappa shape index (κ2) is 3.29. The third kappa shape index (κ3) is 1.57. The van der Waals surface area contributed by atoms with Crippen LogP contribution in [0.25, 0.3) is 0 Å². The number of carbonyl (C=O) groups is 1. The van der Waals surface area contributed by atoms with Gasteiger partial charge in [0.2, 0.25) is 10.0 Å². The van der Waals surface area contributed by atoms with E-state index in [1.54, 1.807) is 0 Å². The molecule has 0 radical (unpaired) electrons. The first-order chi connectivity index (χ1) is 6.50. The number of fused-ring (bicyclic) bond motifs is 1. The van der Waals surface area contributed by atoms with Crippen LogP contribution >= 0.6 is 0 Å². The second-order valence-corrected chi connectivity index (χ2v) is 6.01. The Morgan fingerprint density at radius 2 is 2.14 bits per heavy atom. The molecule has 1 atom stereocenters. The highest BCUT2D eigenvalue weighted by Crippen LogP contribution is 2.22. The van der Waals surface area contributed by atoms with Gasteiger partial charge in [0.05, 0.1) is 12.7 Å². The van der Waals surface area contributed by atoms with Gasteiger partial charge in [-0.25, -0.2) is 8.42 Å². The maximum absolute atomic E-state index is 11.6. The fourth-order valence-electron chi connectivity index (χ4n) is 2.09. The molecule has 2 rings (SSSR count). The number of sulfonamides is 1. The zero-order chi connectivity index (χ0) is 10.3. The van der Waals surface area contributed by atoms with Gasteiger partial charge >= 0.3 is 0 Å². The maximum atomic E-state index is 11.6. The lowest BCUT2D eigenvalue weighted by Crippen LogP contribution is -2.38. The fourth-order valence-corrected chi connectivity index (χ4v) is 3.19. The third-order valence-electron chi connectivity index (χ3n) is 2.92. The quantitative estimate of drug-likeness (QED) is 0.537. The lowest BCUT2D eigenvalue weighted by Gasteiger charge is -2.22.